The van der Waals surface area contributed by atoms with E-state index in [0.29, 0.717) is 6.54 Å². The first-order chi connectivity index (χ1) is 8.71. The second-order valence-corrected chi connectivity index (χ2v) is 4.70. The van der Waals surface area contributed by atoms with E-state index in [4.69, 9.17) is 5.73 Å². The number of aromatic nitrogens is 2. The predicted octanol–water partition coefficient (Wildman–Crippen LogP) is 2.65. The number of hydrogen-bond acceptors (Lipinski definition) is 4. The van der Waals surface area contributed by atoms with Crippen LogP contribution < -0.4 is 10.6 Å². The van der Waals surface area contributed by atoms with E-state index in [2.05, 4.69) is 28.7 Å². The van der Waals surface area contributed by atoms with Gasteiger partial charge in [-0.1, -0.05) is 26.7 Å². The van der Waals surface area contributed by atoms with Crippen molar-refractivity contribution in [3.05, 3.63) is 17.5 Å². The molecule has 1 rings (SSSR count). The van der Waals surface area contributed by atoms with Crippen molar-refractivity contribution in [3.8, 4) is 0 Å². The Balaban J connectivity index is 2.84. The highest BCUT2D eigenvalue weighted by molar-refractivity contribution is 5.32. The van der Waals surface area contributed by atoms with Crippen molar-refractivity contribution in [3.63, 3.8) is 0 Å². The van der Waals surface area contributed by atoms with Gasteiger partial charge in [-0.2, -0.15) is 0 Å². The number of anilines is 1. The van der Waals surface area contributed by atoms with Gasteiger partial charge in [-0.25, -0.2) is 9.97 Å². The Labute approximate surface area is 111 Å². The molecule has 0 atom stereocenters. The monoisotopic (exact) mass is 250 g/mol. The third-order valence-electron chi connectivity index (χ3n) is 2.95. The Morgan fingerprint density at radius 3 is 2.22 bits per heavy atom. The fraction of sp³-hybridized carbons (Fsp3) is 0.714. The van der Waals surface area contributed by atoms with Gasteiger partial charge < -0.3 is 10.6 Å². The largest absolute Gasteiger partial charge is 0.341 e. The lowest BCUT2D eigenvalue weighted by molar-refractivity contribution is 0.659. The van der Waals surface area contributed by atoms with E-state index in [-0.39, 0.29) is 0 Å². The topological polar surface area (TPSA) is 55.0 Å². The van der Waals surface area contributed by atoms with Crippen molar-refractivity contribution < 1.29 is 0 Å². The standard InChI is InChI=1S/C14H26N4/c1-4-6-8-18(9-7-5-2)14-16-12(3)10-13(11-15)17-14/h10H,4-9,11,15H2,1-3H3. The van der Waals surface area contributed by atoms with Crippen LogP contribution in [0.4, 0.5) is 5.95 Å². The number of unbranched alkanes of at least 4 members (excludes halogenated alkanes) is 2. The van der Waals surface area contributed by atoms with Crippen molar-refractivity contribution in [2.24, 2.45) is 5.73 Å². The number of hydrogen-bond donors (Lipinski definition) is 1. The lowest BCUT2D eigenvalue weighted by Gasteiger charge is -2.23. The minimum absolute atomic E-state index is 0.478. The number of rotatable bonds is 8. The van der Waals surface area contributed by atoms with Gasteiger partial charge in [0.25, 0.3) is 0 Å². The second-order valence-electron chi connectivity index (χ2n) is 4.70. The molecule has 0 fully saturated rings. The first-order valence-electron chi connectivity index (χ1n) is 7.00. The Kier molecular flexibility index (Phi) is 6.65. The summed E-state index contributed by atoms with van der Waals surface area (Å²) in [6.07, 6.45) is 4.74. The Bertz CT molecular complexity index is 344. The van der Waals surface area contributed by atoms with Gasteiger partial charge in [-0.05, 0) is 25.8 Å². The van der Waals surface area contributed by atoms with Crippen LogP contribution in [-0.2, 0) is 6.54 Å². The summed E-state index contributed by atoms with van der Waals surface area (Å²) in [6.45, 7) is 8.96. The zero-order valence-corrected chi connectivity index (χ0v) is 11.9. The van der Waals surface area contributed by atoms with Gasteiger partial charge in [0.2, 0.25) is 5.95 Å². The third-order valence-corrected chi connectivity index (χ3v) is 2.95. The zero-order valence-electron chi connectivity index (χ0n) is 11.9. The summed E-state index contributed by atoms with van der Waals surface area (Å²) in [5, 5.41) is 0. The van der Waals surface area contributed by atoms with E-state index in [1.54, 1.807) is 0 Å². The van der Waals surface area contributed by atoms with Gasteiger partial charge in [-0.15, -0.1) is 0 Å². The lowest BCUT2D eigenvalue weighted by Crippen LogP contribution is -2.28. The van der Waals surface area contributed by atoms with Gasteiger partial charge in [0.05, 0.1) is 5.69 Å². The van der Waals surface area contributed by atoms with Crippen LogP contribution in [0.5, 0.6) is 0 Å². The fourth-order valence-corrected chi connectivity index (χ4v) is 1.87. The van der Waals surface area contributed by atoms with Crippen LogP contribution in [0.15, 0.2) is 6.07 Å². The number of nitrogens with two attached hydrogens (primary N) is 1. The first-order valence-corrected chi connectivity index (χ1v) is 7.00. The Hall–Kier alpha value is -1.16. The molecule has 0 saturated heterocycles. The SMILES string of the molecule is CCCCN(CCCC)c1nc(C)cc(CN)n1. The molecule has 18 heavy (non-hydrogen) atoms. The quantitative estimate of drug-likeness (QED) is 0.770. The van der Waals surface area contributed by atoms with E-state index < -0.39 is 0 Å². The maximum atomic E-state index is 5.68. The van der Waals surface area contributed by atoms with E-state index >= 15 is 0 Å². The molecular weight excluding hydrogens is 224 g/mol. The molecule has 0 amide bonds. The van der Waals surface area contributed by atoms with Crippen molar-refractivity contribution in [1.82, 2.24) is 9.97 Å². The van der Waals surface area contributed by atoms with Gasteiger partial charge in [0.15, 0.2) is 0 Å². The van der Waals surface area contributed by atoms with Crippen molar-refractivity contribution >= 4 is 5.95 Å². The average Bonchev–Trinajstić information content (AvgIpc) is 2.38. The highest BCUT2D eigenvalue weighted by Crippen LogP contribution is 2.12. The molecule has 2 N–H and O–H groups in total. The molecule has 4 heteroatoms. The van der Waals surface area contributed by atoms with Gasteiger partial charge in [0.1, 0.15) is 0 Å². The molecule has 0 aliphatic rings. The fourth-order valence-electron chi connectivity index (χ4n) is 1.87. The average molecular weight is 250 g/mol. The second kappa shape index (κ2) is 8.03. The normalized spacial score (nSPS) is 10.7. The van der Waals surface area contributed by atoms with Gasteiger partial charge >= 0.3 is 0 Å². The molecule has 0 bridgehead atoms. The van der Waals surface area contributed by atoms with Crippen LogP contribution in [0.25, 0.3) is 0 Å². The summed E-state index contributed by atoms with van der Waals surface area (Å²) in [5.74, 6) is 0.845. The van der Waals surface area contributed by atoms with E-state index in [1.807, 2.05) is 13.0 Å². The molecule has 0 aliphatic carbocycles. The molecule has 0 spiro atoms. The minimum Gasteiger partial charge on any atom is -0.341 e. The van der Waals surface area contributed by atoms with Crippen LogP contribution in [0, 0.1) is 6.92 Å². The molecule has 0 saturated carbocycles. The molecule has 0 aliphatic heterocycles. The third kappa shape index (κ3) is 4.61. The number of nitrogens with zero attached hydrogens (tertiary/aromatic N) is 3. The smallest absolute Gasteiger partial charge is 0.225 e. The summed E-state index contributed by atoms with van der Waals surface area (Å²) in [5.41, 5.74) is 7.60. The van der Waals surface area contributed by atoms with Crippen molar-refractivity contribution in [2.75, 3.05) is 18.0 Å². The zero-order chi connectivity index (χ0) is 13.4. The van der Waals surface area contributed by atoms with Gasteiger partial charge in [-0.3, -0.25) is 0 Å². The Morgan fingerprint density at radius 1 is 1.11 bits per heavy atom. The molecule has 4 nitrogen and oxygen atoms in total. The molecular formula is C14H26N4. The van der Waals surface area contributed by atoms with Gasteiger partial charge in [0, 0.05) is 25.3 Å². The predicted molar refractivity (Wildman–Crippen MR) is 76.7 cm³/mol. The highest BCUT2D eigenvalue weighted by atomic mass is 15.2. The molecule has 1 heterocycles. The maximum Gasteiger partial charge on any atom is 0.225 e. The number of aryl methyl sites for hydroxylation is 1. The summed E-state index contributed by atoms with van der Waals surface area (Å²) in [7, 11) is 0. The van der Waals surface area contributed by atoms with E-state index in [1.165, 1.54) is 25.7 Å². The summed E-state index contributed by atoms with van der Waals surface area (Å²) < 4.78 is 0. The molecule has 0 unspecified atom stereocenters. The molecule has 1 aromatic heterocycles. The minimum atomic E-state index is 0.478. The molecule has 0 aromatic carbocycles. The van der Waals surface area contributed by atoms with Crippen molar-refractivity contribution in [1.29, 1.82) is 0 Å². The summed E-state index contributed by atoms with van der Waals surface area (Å²) in [6, 6.07) is 1.96. The van der Waals surface area contributed by atoms with Crippen LogP contribution in [-0.4, -0.2) is 23.1 Å². The summed E-state index contributed by atoms with van der Waals surface area (Å²) in [4.78, 5) is 11.4. The summed E-state index contributed by atoms with van der Waals surface area (Å²) >= 11 is 0. The Morgan fingerprint density at radius 2 is 1.72 bits per heavy atom. The highest BCUT2D eigenvalue weighted by Gasteiger charge is 2.10. The van der Waals surface area contributed by atoms with Crippen LogP contribution in [0.3, 0.4) is 0 Å². The maximum absolute atomic E-state index is 5.68. The van der Waals surface area contributed by atoms with Crippen molar-refractivity contribution in [2.45, 2.75) is 53.0 Å². The van der Waals surface area contributed by atoms with E-state index in [0.717, 1.165) is 30.4 Å². The first kappa shape index (κ1) is 14.9. The molecule has 0 radical (unpaired) electrons. The van der Waals surface area contributed by atoms with E-state index in [9.17, 15) is 0 Å². The van der Waals surface area contributed by atoms with Crippen LogP contribution in [0.1, 0.15) is 50.9 Å². The molecule has 1 aromatic rings. The molecule has 102 valence electrons. The van der Waals surface area contributed by atoms with Crippen LogP contribution in [0.2, 0.25) is 0 Å². The van der Waals surface area contributed by atoms with Crippen LogP contribution >= 0.6 is 0 Å². The lowest BCUT2D eigenvalue weighted by atomic mass is 10.2.